The van der Waals surface area contributed by atoms with Crippen molar-refractivity contribution < 1.29 is 19.3 Å². The lowest BCUT2D eigenvalue weighted by molar-refractivity contribution is -0.411. The van der Waals surface area contributed by atoms with E-state index in [-0.39, 0.29) is 23.6 Å². The number of carbonyl (C=O) groups excluding carboxylic acids is 1. The van der Waals surface area contributed by atoms with E-state index >= 15 is 0 Å². The van der Waals surface area contributed by atoms with E-state index in [2.05, 4.69) is 52.8 Å². The first-order valence-electron chi connectivity index (χ1n) is 11.0. The van der Waals surface area contributed by atoms with Gasteiger partial charge in [0.05, 0.1) is 13.0 Å². The largest absolute Gasteiger partial charge is 0.469 e. The van der Waals surface area contributed by atoms with Crippen LogP contribution in [0.2, 0.25) is 0 Å². The summed E-state index contributed by atoms with van der Waals surface area (Å²) >= 11 is 0. The summed E-state index contributed by atoms with van der Waals surface area (Å²) in [7, 11) is 1.41. The molecule has 1 aliphatic heterocycles. The fourth-order valence-corrected chi connectivity index (χ4v) is 3.52. The minimum atomic E-state index is -0.301. The number of methoxy groups -OCH3 is 1. The zero-order valence-corrected chi connectivity index (χ0v) is 19.7. The van der Waals surface area contributed by atoms with Crippen LogP contribution < -0.4 is 0 Å². The molecule has 1 aliphatic rings. The molecule has 4 nitrogen and oxygen atoms in total. The maximum Gasteiger partial charge on any atom is 0.311 e. The molecule has 1 fully saturated rings. The fraction of sp³-hybridized carbons (Fsp3) is 0.720. The third-order valence-corrected chi connectivity index (χ3v) is 5.75. The van der Waals surface area contributed by atoms with Crippen LogP contribution in [0.3, 0.4) is 0 Å². The van der Waals surface area contributed by atoms with Gasteiger partial charge >= 0.3 is 5.97 Å². The molecular weight excluding hydrogens is 364 g/mol. The van der Waals surface area contributed by atoms with E-state index in [1.54, 1.807) is 0 Å². The van der Waals surface area contributed by atoms with Crippen molar-refractivity contribution in [3.05, 3.63) is 34.9 Å². The van der Waals surface area contributed by atoms with Gasteiger partial charge in [-0.1, -0.05) is 34.9 Å². The molecule has 0 bridgehead atoms. The van der Waals surface area contributed by atoms with Crippen LogP contribution in [0.4, 0.5) is 0 Å². The molecule has 0 aromatic rings. The summed E-state index contributed by atoms with van der Waals surface area (Å²) in [6, 6.07) is 0. The average molecular weight is 407 g/mol. The highest BCUT2D eigenvalue weighted by atomic mass is 17.2. The van der Waals surface area contributed by atoms with E-state index in [9.17, 15) is 4.79 Å². The van der Waals surface area contributed by atoms with Crippen LogP contribution in [-0.4, -0.2) is 24.8 Å². The van der Waals surface area contributed by atoms with E-state index < -0.39 is 0 Å². The van der Waals surface area contributed by atoms with Crippen molar-refractivity contribution in [2.75, 3.05) is 7.11 Å². The predicted molar refractivity (Wildman–Crippen MR) is 119 cm³/mol. The zero-order chi connectivity index (χ0) is 21.9. The Hall–Kier alpha value is -1.39. The third kappa shape index (κ3) is 10.3. The van der Waals surface area contributed by atoms with Crippen molar-refractivity contribution >= 4 is 5.97 Å². The number of esters is 1. The Morgan fingerprint density at radius 3 is 2.17 bits per heavy atom. The van der Waals surface area contributed by atoms with Crippen LogP contribution in [0.15, 0.2) is 34.9 Å². The van der Waals surface area contributed by atoms with Crippen molar-refractivity contribution in [2.24, 2.45) is 5.92 Å². The van der Waals surface area contributed by atoms with Gasteiger partial charge < -0.3 is 4.74 Å². The van der Waals surface area contributed by atoms with Crippen LogP contribution in [0, 0.1) is 5.92 Å². The van der Waals surface area contributed by atoms with Crippen molar-refractivity contribution in [3.8, 4) is 0 Å². The van der Waals surface area contributed by atoms with Crippen LogP contribution in [0.5, 0.6) is 0 Å². The van der Waals surface area contributed by atoms with Gasteiger partial charge in [-0.15, -0.1) is 0 Å². The van der Waals surface area contributed by atoms with Gasteiger partial charge in [0, 0.05) is 0 Å². The van der Waals surface area contributed by atoms with Gasteiger partial charge in [0.1, 0.15) is 11.7 Å². The quantitative estimate of drug-likeness (QED) is 0.213. The Kier molecular flexibility index (Phi) is 11.5. The summed E-state index contributed by atoms with van der Waals surface area (Å²) in [5, 5.41) is 0. The number of allylic oxidation sites excluding steroid dienone is 6. The number of ether oxygens (including phenoxy) is 1. The highest BCUT2D eigenvalue weighted by Gasteiger charge is 2.37. The summed E-state index contributed by atoms with van der Waals surface area (Å²) in [6.07, 6.45) is 14.9. The van der Waals surface area contributed by atoms with Crippen LogP contribution >= 0.6 is 0 Å². The molecule has 0 amide bonds. The van der Waals surface area contributed by atoms with Gasteiger partial charge in [-0.25, -0.2) is 9.78 Å². The molecule has 1 rings (SSSR count). The van der Waals surface area contributed by atoms with Crippen molar-refractivity contribution in [3.63, 3.8) is 0 Å². The lowest BCUT2D eigenvalue weighted by atomic mass is 9.88. The lowest BCUT2D eigenvalue weighted by Gasteiger charge is -2.37. The van der Waals surface area contributed by atoms with Crippen molar-refractivity contribution in [1.29, 1.82) is 0 Å². The molecule has 0 aliphatic carbocycles. The van der Waals surface area contributed by atoms with Gasteiger partial charge in [0.2, 0.25) is 0 Å². The SMILES string of the molecule is COC(=O)[C@H](C)[C@@H]1CC[C@@](C)(CC/C=C(\C)CC/C=C(\C)CCC=C(C)C)OO1. The summed E-state index contributed by atoms with van der Waals surface area (Å²) in [6.45, 7) is 12.7. The Morgan fingerprint density at radius 1 is 1.07 bits per heavy atom. The Morgan fingerprint density at radius 2 is 1.66 bits per heavy atom. The molecule has 0 aromatic carbocycles. The van der Waals surface area contributed by atoms with Crippen LogP contribution in [-0.2, 0) is 19.3 Å². The minimum absolute atomic E-state index is 0.223. The molecule has 29 heavy (non-hydrogen) atoms. The molecule has 0 radical (unpaired) electrons. The normalized spacial score (nSPS) is 24.2. The molecule has 4 heteroatoms. The Balaban J connectivity index is 2.32. The van der Waals surface area contributed by atoms with Gasteiger partial charge in [-0.05, 0) is 92.9 Å². The standard InChI is InChI=1S/C25H42O4/c1-19(2)11-8-12-20(3)13-9-14-21(4)15-10-17-25(6)18-16-23(28-29-25)22(5)24(26)27-7/h11,13,15,22-23H,8-10,12,14,16-18H2,1-7H3/b20-13+,21-15+/t22-,23+,25-/m1/s1. The molecule has 1 saturated heterocycles. The second kappa shape index (κ2) is 13.0. The maximum atomic E-state index is 11.7. The summed E-state index contributed by atoms with van der Waals surface area (Å²) in [4.78, 5) is 22.9. The summed E-state index contributed by atoms with van der Waals surface area (Å²) < 4.78 is 4.80. The molecule has 1 heterocycles. The summed E-state index contributed by atoms with van der Waals surface area (Å²) in [5.74, 6) is -0.549. The molecule has 0 aromatic heterocycles. The minimum Gasteiger partial charge on any atom is -0.469 e. The summed E-state index contributed by atoms with van der Waals surface area (Å²) in [5.41, 5.74) is 4.01. The molecule has 166 valence electrons. The average Bonchev–Trinajstić information content (AvgIpc) is 2.67. The first-order valence-corrected chi connectivity index (χ1v) is 11.0. The van der Waals surface area contributed by atoms with Crippen molar-refractivity contribution in [1.82, 2.24) is 0 Å². The van der Waals surface area contributed by atoms with Gasteiger partial charge in [-0.3, -0.25) is 4.79 Å². The zero-order valence-electron chi connectivity index (χ0n) is 19.7. The second-order valence-electron chi connectivity index (χ2n) is 9.02. The van der Waals surface area contributed by atoms with E-state index in [4.69, 9.17) is 14.5 Å². The first kappa shape index (κ1) is 25.6. The second-order valence-corrected chi connectivity index (χ2v) is 9.02. The van der Waals surface area contributed by atoms with E-state index in [0.29, 0.717) is 0 Å². The molecule has 3 atom stereocenters. The number of rotatable bonds is 11. The van der Waals surface area contributed by atoms with Gasteiger partial charge in [0.15, 0.2) is 0 Å². The van der Waals surface area contributed by atoms with Crippen LogP contribution in [0.1, 0.15) is 92.9 Å². The highest BCUT2D eigenvalue weighted by molar-refractivity contribution is 5.72. The van der Waals surface area contributed by atoms with E-state index in [0.717, 1.165) is 51.4 Å². The number of hydrogen-bond acceptors (Lipinski definition) is 4. The Bertz CT molecular complexity index is 588. The highest BCUT2D eigenvalue weighted by Crippen LogP contribution is 2.33. The molecule has 0 saturated carbocycles. The predicted octanol–water partition coefficient (Wildman–Crippen LogP) is 6.86. The lowest BCUT2D eigenvalue weighted by Crippen LogP contribution is -2.41. The van der Waals surface area contributed by atoms with E-state index in [1.807, 2.05) is 6.92 Å². The molecular formula is C25H42O4. The van der Waals surface area contributed by atoms with Gasteiger partial charge in [0.25, 0.3) is 0 Å². The molecule has 0 N–H and O–H groups in total. The fourth-order valence-electron chi connectivity index (χ4n) is 3.52. The Labute approximate surface area is 178 Å². The van der Waals surface area contributed by atoms with Crippen molar-refractivity contribution in [2.45, 2.75) is 105 Å². The number of carbonyl (C=O) groups is 1. The topological polar surface area (TPSA) is 44.8 Å². The smallest absolute Gasteiger partial charge is 0.311 e. The molecule has 0 unspecified atom stereocenters. The van der Waals surface area contributed by atoms with E-state index in [1.165, 1.54) is 23.8 Å². The third-order valence-electron chi connectivity index (χ3n) is 5.75. The number of hydrogen-bond donors (Lipinski definition) is 0. The van der Waals surface area contributed by atoms with Crippen LogP contribution in [0.25, 0.3) is 0 Å². The van der Waals surface area contributed by atoms with Gasteiger partial charge in [-0.2, -0.15) is 0 Å². The first-order chi connectivity index (χ1) is 13.7. The monoisotopic (exact) mass is 406 g/mol. The molecule has 0 spiro atoms. The maximum absolute atomic E-state index is 11.7.